The van der Waals surface area contributed by atoms with Crippen LogP contribution in [0, 0.1) is 6.92 Å². The van der Waals surface area contributed by atoms with Crippen molar-refractivity contribution in [1.82, 2.24) is 4.90 Å². The number of hydrogen-bond acceptors (Lipinski definition) is 3. The Labute approximate surface area is 97.0 Å². The molecule has 0 amide bonds. The summed E-state index contributed by atoms with van der Waals surface area (Å²) in [5.74, 6) is 0.992. The number of ether oxygens (including phenoxy) is 1. The lowest BCUT2D eigenvalue weighted by atomic mass is 10.0. The van der Waals surface area contributed by atoms with Crippen LogP contribution in [-0.2, 0) is 11.2 Å². The number of nitrogens with zero attached hydrogens (tertiary/aromatic N) is 1. The Kier molecular flexibility index (Phi) is 4.50. The minimum atomic E-state index is 0.203. The molecular weight excluding hydrogens is 202 g/mol. The maximum atomic E-state index is 11.7. The molecule has 0 aromatic heterocycles. The van der Waals surface area contributed by atoms with Crippen LogP contribution in [0.2, 0.25) is 0 Å². The van der Waals surface area contributed by atoms with Crippen molar-refractivity contribution in [2.75, 3.05) is 27.7 Å². The molecule has 1 aromatic rings. The highest BCUT2D eigenvalue weighted by Crippen LogP contribution is 2.20. The number of benzene rings is 1. The van der Waals surface area contributed by atoms with Crippen molar-refractivity contribution in [2.24, 2.45) is 0 Å². The summed E-state index contributed by atoms with van der Waals surface area (Å²) in [6, 6.07) is 5.90. The average Bonchev–Trinajstić information content (AvgIpc) is 2.16. The second kappa shape index (κ2) is 5.66. The van der Waals surface area contributed by atoms with E-state index in [1.807, 2.05) is 44.1 Å². The van der Waals surface area contributed by atoms with E-state index in [-0.39, 0.29) is 5.78 Å². The van der Waals surface area contributed by atoms with Crippen molar-refractivity contribution in [1.29, 1.82) is 0 Å². The SMILES string of the molecule is COc1ccc(C)cc1CC(=O)CN(C)C. The monoisotopic (exact) mass is 221 g/mol. The molecule has 1 aromatic carbocycles. The zero-order valence-electron chi connectivity index (χ0n) is 10.4. The Morgan fingerprint density at radius 3 is 2.62 bits per heavy atom. The normalized spacial score (nSPS) is 10.6. The summed E-state index contributed by atoms with van der Waals surface area (Å²) in [5.41, 5.74) is 2.11. The van der Waals surface area contributed by atoms with Gasteiger partial charge in [-0.15, -0.1) is 0 Å². The van der Waals surface area contributed by atoms with Crippen molar-refractivity contribution in [2.45, 2.75) is 13.3 Å². The van der Waals surface area contributed by atoms with E-state index >= 15 is 0 Å². The lowest BCUT2D eigenvalue weighted by Gasteiger charge is -2.11. The lowest BCUT2D eigenvalue weighted by Crippen LogP contribution is -2.23. The number of likely N-dealkylation sites (N-methyl/N-ethyl adjacent to an activating group) is 1. The van der Waals surface area contributed by atoms with E-state index in [1.54, 1.807) is 7.11 Å². The Morgan fingerprint density at radius 1 is 1.38 bits per heavy atom. The van der Waals surface area contributed by atoms with Crippen molar-refractivity contribution in [3.05, 3.63) is 29.3 Å². The second-order valence-electron chi connectivity index (χ2n) is 4.27. The van der Waals surface area contributed by atoms with Crippen LogP contribution in [0.15, 0.2) is 18.2 Å². The first kappa shape index (κ1) is 12.7. The van der Waals surface area contributed by atoms with Gasteiger partial charge in [-0.05, 0) is 27.1 Å². The molecule has 1 rings (SSSR count). The molecule has 16 heavy (non-hydrogen) atoms. The number of ketones is 1. The summed E-state index contributed by atoms with van der Waals surface area (Å²) in [6.07, 6.45) is 0.434. The zero-order valence-corrected chi connectivity index (χ0v) is 10.4. The molecule has 0 aliphatic carbocycles. The number of carbonyl (C=O) groups is 1. The van der Waals surface area contributed by atoms with Crippen molar-refractivity contribution >= 4 is 5.78 Å². The molecule has 0 saturated carbocycles. The van der Waals surface area contributed by atoms with E-state index in [1.165, 1.54) is 0 Å². The van der Waals surface area contributed by atoms with Gasteiger partial charge >= 0.3 is 0 Å². The summed E-state index contributed by atoms with van der Waals surface area (Å²) >= 11 is 0. The quantitative estimate of drug-likeness (QED) is 0.757. The van der Waals surface area contributed by atoms with Gasteiger partial charge in [0.15, 0.2) is 5.78 Å². The van der Waals surface area contributed by atoms with Crippen LogP contribution in [-0.4, -0.2) is 38.4 Å². The standard InChI is InChI=1S/C13H19NO2/c1-10-5-6-13(16-4)11(7-10)8-12(15)9-14(2)3/h5-7H,8-9H2,1-4H3. The van der Waals surface area contributed by atoms with E-state index in [9.17, 15) is 4.79 Å². The molecule has 0 unspecified atom stereocenters. The molecule has 0 fully saturated rings. The third kappa shape index (κ3) is 3.66. The maximum absolute atomic E-state index is 11.7. The highest BCUT2D eigenvalue weighted by molar-refractivity contribution is 5.83. The fourth-order valence-corrected chi connectivity index (χ4v) is 1.67. The maximum Gasteiger partial charge on any atom is 0.151 e. The number of Topliss-reactive ketones (excluding diaryl/α,β-unsaturated/α-hetero) is 1. The predicted octanol–water partition coefficient (Wildman–Crippen LogP) is 1.68. The average molecular weight is 221 g/mol. The van der Waals surface area contributed by atoms with Gasteiger partial charge in [0.2, 0.25) is 0 Å². The van der Waals surface area contributed by atoms with Gasteiger partial charge in [-0.25, -0.2) is 0 Å². The van der Waals surface area contributed by atoms with Crippen LogP contribution in [0.4, 0.5) is 0 Å². The van der Waals surface area contributed by atoms with Crippen molar-refractivity contribution in [3.8, 4) is 5.75 Å². The third-order valence-corrected chi connectivity index (χ3v) is 2.32. The van der Waals surface area contributed by atoms with Crippen molar-refractivity contribution < 1.29 is 9.53 Å². The molecule has 3 heteroatoms. The fourth-order valence-electron chi connectivity index (χ4n) is 1.67. The van der Waals surface area contributed by atoms with E-state index in [0.29, 0.717) is 13.0 Å². The highest BCUT2D eigenvalue weighted by Gasteiger charge is 2.09. The Bertz CT molecular complexity index is 372. The van der Waals surface area contributed by atoms with Gasteiger partial charge in [0.25, 0.3) is 0 Å². The van der Waals surface area contributed by atoms with E-state index < -0.39 is 0 Å². The van der Waals surface area contributed by atoms with Crippen LogP contribution in [0.1, 0.15) is 11.1 Å². The number of methoxy groups -OCH3 is 1. The lowest BCUT2D eigenvalue weighted by molar-refractivity contribution is -0.119. The summed E-state index contributed by atoms with van der Waals surface area (Å²) in [5, 5.41) is 0. The minimum Gasteiger partial charge on any atom is -0.496 e. The van der Waals surface area contributed by atoms with Gasteiger partial charge in [-0.2, -0.15) is 0 Å². The first-order valence-corrected chi connectivity index (χ1v) is 5.33. The van der Waals surface area contributed by atoms with Gasteiger partial charge in [-0.3, -0.25) is 4.79 Å². The molecule has 88 valence electrons. The molecule has 0 saturated heterocycles. The first-order chi connectivity index (χ1) is 7.52. The summed E-state index contributed by atoms with van der Waals surface area (Å²) in [7, 11) is 5.42. The van der Waals surface area contributed by atoms with Crippen molar-refractivity contribution in [3.63, 3.8) is 0 Å². The summed E-state index contributed by atoms with van der Waals surface area (Å²) in [4.78, 5) is 13.6. The molecule has 3 nitrogen and oxygen atoms in total. The van der Waals surface area contributed by atoms with Crippen LogP contribution in [0.3, 0.4) is 0 Å². The molecule has 0 bridgehead atoms. The van der Waals surface area contributed by atoms with Crippen LogP contribution < -0.4 is 4.74 Å². The molecule has 0 aliphatic rings. The largest absolute Gasteiger partial charge is 0.496 e. The van der Waals surface area contributed by atoms with Gasteiger partial charge in [0.05, 0.1) is 13.7 Å². The summed E-state index contributed by atoms with van der Waals surface area (Å²) in [6.45, 7) is 2.48. The van der Waals surface area contributed by atoms with Crippen LogP contribution in [0.25, 0.3) is 0 Å². The molecule has 0 atom stereocenters. The van der Waals surface area contributed by atoms with E-state index in [4.69, 9.17) is 4.74 Å². The number of rotatable bonds is 5. The molecule has 0 spiro atoms. The van der Waals surface area contributed by atoms with Crippen LogP contribution >= 0.6 is 0 Å². The number of aryl methyl sites for hydroxylation is 1. The van der Waals surface area contributed by atoms with Gasteiger partial charge in [-0.1, -0.05) is 17.7 Å². The van der Waals surface area contributed by atoms with Gasteiger partial charge in [0, 0.05) is 12.0 Å². The summed E-state index contributed by atoms with van der Waals surface area (Å²) < 4.78 is 5.24. The Morgan fingerprint density at radius 2 is 2.06 bits per heavy atom. The van der Waals surface area contributed by atoms with Gasteiger partial charge < -0.3 is 9.64 Å². The zero-order chi connectivity index (χ0) is 12.1. The fraction of sp³-hybridized carbons (Fsp3) is 0.462. The minimum absolute atomic E-state index is 0.203. The topological polar surface area (TPSA) is 29.5 Å². The Hall–Kier alpha value is -1.35. The molecular formula is C13H19NO2. The van der Waals surface area contributed by atoms with E-state index in [2.05, 4.69) is 0 Å². The molecule has 0 aliphatic heterocycles. The van der Waals surface area contributed by atoms with Gasteiger partial charge in [0.1, 0.15) is 5.75 Å². The third-order valence-electron chi connectivity index (χ3n) is 2.32. The highest BCUT2D eigenvalue weighted by atomic mass is 16.5. The predicted molar refractivity (Wildman–Crippen MR) is 65.0 cm³/mol. The number of carbonyl (C=O) groups excluding carboxylic acids is 1. The van der Waals surface area contributed by atoms with Crippen LogP contribution in [0.5, 0.6) is 5.75 Å². The molecule has 0 N–H and O–H groups in total. The second-order valence-corrected chi connectivity index (χ2v) is 4.27. The first-order valence-electron chi connectivity index (χ1n) is 5.33. The Balaban J connectivity index is 2.79. The molecule has 0 heterocycles. The number of hydrogen-bond donors (Lipinski definition) is 0. The smallest absolute Gasteiger partial charge is 0.151 e. The molecule has 0 radical (unpaired) electrons. The van der Waals surface area contributed by atoms with E-state index in [0.717, 1.165) is 16.9 Å².